The maximum absolute atomic E-state index is 10.3. The van der Waals surface area contributed by atoms with Crippen LogP contribution in [-0.4, -0.2) is 63.0 Å². The van der Waals surface area contributed by atoms with Gasteiger partial charge in [0.05, 0.1) is 11.7 Å². The van der Waals surface area contributed by atoms with E-state index in [1.54, 1.807) is 12.1 Å². The number of benzene rings is 1. The van der Waals surface area contributed by atoms with Gasteiger partial charge in [-0.1, -0.05) is 12.1 Å². The Morgan fingerprint density at radius 3 is 2.76 bits per heavy atom. The molecule has 0 bridgehead atoms. The van der Waals surface area contributed by atoms with Crippen molar-refractivity contribution in [3.63, 3.8) is 0 Å². The Labute approximate surface area is 191 Å². The zero-order valence-corrected chi connectivity index (χ0v) is 18.5. The molecule has 3 N–H and O–H groups in total. The van der Waals surface area contributed by atoms with Crippen LogP contribution in [0.5, 0.6) is 5.75 Å². The fraction of sp³-hybridized carbons (Fsp3) is 0.333. The maximum atomic E-state index is 10.3. The second-order valence-corrected chi connectivity index (χ2v) is 8.60. The van der Waals surface area contributed by atoms with Crippen LogP contribution in [0.2, 0.25) is 0 Å². The number of phenolic OH excluding ortho intramolecular Hbond substituents is 1. The molecule has 1 fully saturated rings. The number of anilines is 2. The molecule has 1 atom stereocenters. The highest BCUT2D eigenvalue weighted by Gasteiger charge is 2.30. The van der Waals surface area contributed by atoms with E-state index in [1.165, 1.54) is 11.3 Å². The second-order valence-electron chi connectivity index (χ2n) is 8.60. The minimum Gasteiger partial charge on any atom is -0.507 e. The Morgan fingerprint density at radius 1 is 1.06 bits per heavy atom. The molecule has 0 unspecified atom stereocenters. The third-order valence-electron chi connectivity index (χ3n) is 6.67. The van der Waals surface area contributed by atoms with Crippen molar-refractivity contribution in [1.82, 2.24) is 30.5 Å². The van der Waals surface area contributed by atoms with Crippen LogP contribution in [0.15, 0.2) is 42.6 Å². The van der Waals surface area contributed by atoms with Gasteiger partial charge in [-0.25, -0.2) is 4.98 Å². The summed E-state index contributed by atoms with van der Waals surface area (Å²) in [5, 5.41) is 23.5. The molecule has 4 aromatic rings. The Bertz CT molecular complexity index is 1310. The molecule has 0 amide bonds. The highest BCUT2D eigenvalue weighted by Crippen LogP contribution is 2.38. The van der Waals surface area contributed by atoms with E-state index in [4.69, 9.17) is 4.98 Å². The van der Waals surface area contributed by atoms with Crippen LogP contribution in [0.1, 0.15) is 24.2 Å². The molecule has 1 saturated heterocycles. The predicted molar refractivity (Wildman–Crippen MR) is 128 cm³/mol. The summed E-state index contributed by atoms with van der Waals surface area (Å²) in [7, 11) is 0. The van der Waals surface area contributed by atoms with Crippen molar-refractivity contribution in [2.24, 2.45) is 0 Å². The molecule has 0 spiro atoms. The van der Waals surface area contributed by atoms with E-state index in [-0.39, 0.29) is 11.8 Å². The van der Waals surface area contributed by atoms with E-state index in [2.05, 4.69) is 42.2 Å². The number of piperazine rings is 1. The number of hydrogen-bond donors (Lipinski definition) is 3. The molecule has 6 rings (SSSR count). The van der Waals surface area contributed by atoms with Gasteiger partial charge < -0.3 is 25.2 Å². The fourth-order valence-electron chi connectivity index (χ4n) is 4.96. The first-order valence-electron chi connectivity index (χ1n) is 11.4. The predicted octanol–water partition coefficient (Wildman–Crippen LogP) is 2.65. The highest BCUT2D eigenvalue weighted by molar-refractivity contribution is 5.86. The number of phenols is 1. The molecular formula is C24H26N8O. The van der Waals surface area contributed by atoms with Gasteiger partial charge in [0.1, 0.15) is 11.6 Å². The Kier molecular flexibility index (Phi) is 4.83. The lowest BCUT2D eigenvalue weighted by Gasteiger charge is -2.35. The number of aromatic amines is 1. The van der Waals surface area contributed by atoms with Gasteiger partial charge in [-0.05, 0) is 31.2 Å². The van der Waals surface area contributed by atoms with Gasteiger partial charge in [0.2, 0.25) is 5.95 Å². The summed E-state index contributed by atoms with van der Waals surface area (Å²) in [6, 6.07) is 11.3. The SMILES string of the molecule is C[C@@H]1c2c([nH]c3nnc(-c4ccccc4O)cc23)CCN1c1nccc(N2CCNCC2)n1. The van der Waals surface area contributed by atoms with Crippen molar-refractivity contribution in [2.75, 3.05) is 42.5 Å². The first kappa shape index (κ1) is 19.9. The number of fused-ring (bicyclic) bond motifs is 3. The zero-order valence-electron chi connectivity index (χ0n) is 18.5. The Hall–Kier alpha value is -3.72. The Balaban J connectivity index is 1.37. The standard InChI is InChI=1S/C24H26N8O/c1-15-22-17-14-19(16-4-2-3-5-20(16)33)29-30-23(17)27-18(22)7-11-32(15)24-26-8-6-21(28-24)31-12-9-25-10-13-31/h2-6,8,14-15,25,33H,7,9-13H2,1H3,(H,27,30)/t15-/m1/s1. The topological polar surface area (TPSA) is 106 Å². The molecular weight excluding hydrogens is 416 g/mol. The van der Waals surface area contributed by atoms with E-state index in [0.717, 1.165) is 61.9 Å². The first-order valence-corrected chi connectivity index (χ1v) is 11.4. The summed E-state index contributed by atoms with van der Waals surface area (Å²) in [5.41, 5.74) is 4.47. The van der Waals surface area contributed by atoms with Gasteiger partial charge in [-0.3, -0.25) is 0 Å². The second kappa shape index (κ2) is 8.00. The molecule has 0 saturated carbocycles. The molecule has 2 aliphatic rings. The van der Waals surface area contributed by atoms with Crippen LogP contribution in [0.25, 0.3) is 22.3 Å². The third-order valence-corrected chi connectivity index (χ3v) is 6.67. The van der Waals surface area contributed by atoms with Crippen LogP contribution in [0.4, 0.5) is 11.8 Å². The summed E-state index contributed by atoms with van der Waals surface area (Å²) < 4.78 is 0. The average molecular weight is 443 g/mol. The summed E-state index contributed by atoms with van der Waals surface area (Å²) in [6.45, 7) is 6.85. The zero-order chi connectivity index (χ0) is 22.4. The van der Waals surface area contributed by atoms with E-state index < -0.39 is 0 Å². The van der Waals surface area contributed by atoms with Crippen molar-refractivity contribution in [3.8, 4) is 17.0 Å². The van der Waals surface area contributed by atoms with Gasteiger partial charge in [-0.2, -0.15) is 4.98 Å². The van der Waals surface area contributed by atoms with Gasteiger partial charge in [-0.15, -0.1) is 10.2 Å². The van der Waals surface area contributed by atoms with E-state index >= 15 is 0 Å². The lowest BCUT2D eigenvalue weighted by atomic mass is 9.97. The van der Waals surface area contributed by atoms with Crippen molar-refractivity contribution >= 4 is 22.8 Å². The summed E-state index contributed by atoms with van der Waals surface area (Å²) in [4.78, 5) is 17.6. The highest BCUT2D eigenvalue weighted by atomic mass is 16.3. The quantitative estimate of drug-likeness (QED) is 0.445. The van der Waals surface area contributed by atoms with Crippen LogP contribution in [-0.2, 0) is 6.42 Å². The number of aromatic nitrogens is 5. The number of aromatic hydroxyl groups is 1. The van der Waals surface area contributed by atoms with E-state index in [0.29, 0.717) is 11.3 Å². The van der Waals surface area contributed by atoms with E-state index in [9.17, 15) is 5.11 Å². The molecule has 168 valence electrons. The van der Waals surface area contributed by atoms with Gasteiger partial charge in [0.25, 0.3) is 0 Å². The minimum absolute atomic E-state index is 0.0715. The number of H-pyrrole nitrogens is 1. The van der Waals surface area contributed by atoms with Crippen LogP contribution < -0.4 is 15.1 Å². The number of rotatable bonds is 3. The molecule has 1 aromatic carbocycles. The lowest BCUT2D eigenvalue weighted by molar-refractivity contribution is 0.477. The van der Waals surface area contributed by atoms with Gasteiger partial charge in [0, 0.05) is 67.5 Å². The van der Waals surface area contributed by atoms with E-state index in [1.807, 2.05) is 30.5 Å². The van der Waals surface area contributed by atoms with Crippen molar-refractivity contribution in [3.05, 3.63) is 53.9 Å². The molecule has 0 radical (unpaired) electrons. The number of para-hydroxylation sites is 1. The lowest BCUT2D eigenvalue weighted by Crippen LogP contribution is -2.44. The van der Waals surface area contributed by atoms with Crippen molar-refractivity contribution in [2.45, 2.75) is 19.4 Å². The largest absolute Gasteiger partial charge is 0.507 e. The molecule has 33 heavy (non-hydrogen) atoms. The summed E-state index contributed by atoms with van der Waals surface area (Å²) >= 11 is 0. The number of hydrogen-bond acceptors (Lipinski definition) is 8. The first-order chi connectivity index (χ1) is 16.2. The molecule has 0 aliphatic carbocycles. The molecule has 3 aromatic heterocycles. The van der Waals surface area contributed by atoms with Gasteiger partial charge in [0.15, 0.2) is 5.65 Å². The fourth-order valence-corrected chi connectivity index (χ4v) is 4.96. The number of nitrogens with zero attached hydrogens (tertiary/aromatic N) is 6. The number of nitrogens with one attached hydrogen (secondary N) is 2. The molecule has 9 heteroatoms. The van der Waals surface area contributed by atoms with Crippen molar-refractivity contribution < 1.29 is 5.11 Å². The smallest absolute Gasteiger partial charge is 0.227 e. The van der Waals surface area contributed by atoms with Crippen molar-refractivity contribution in [1.29, 1.82) is 0 Å². The summed E-state index contributed by atoms with van der Waals surface area (Å²) in [5.74, 6) is 1.93. The van der Waals surface area contributed by atoms with Crippen LogP contribution in [0, 0.1) is 0 Å². The molecule has 5 heterocycles. The third kappa shape index (κ3) is 3.45. The minimum atomic E-state index is 0.0715. The summed E-state index contributed by atoms with van der Waals surface area (Å²) in [6.07, 6.45) is 2.71. The monoisotopic (exact) mass is 442 g/mol. The molecule has 2 aliphatic heterocycles. The normalized spacial score (nSPS) is 18.5. The van der Waals surface area contributed by atoms with Crippen LogP contribution in [0.3, 0.4) is 0 Å². The maximum Gasteiger partial charge on any atom is 0.227 e. The molecule has 9 nitrogen and oxygen atoms in total. The van der Waals surface area contributed by atoms with Gasteiger partial charge >= 0.3 is 0 Å². The van der Waals surface area contributed by atoms with Crippen LogP contribution >= 0.6 is 0 Å². The average Bonchev–Trinajstić information content (AvgIpc) is 3.24. The Morgan fingerprint density at radius 2 is 1.91 bits per heavy atom.